The lowest BCUT2D eigenvalue weighted by molar-refractivity contribution is 0.563. The van der Waals surface area contributed by atoms with Crippen molar-refractivity contribution in [1.82, 2.24) is 10.5 Å². The number of benzene rings is 2. The number of hydrogen-bond donors (Lipinski definition) is 1. The molecule has 0 aromatic heterocycles. The van der Waals surface area contributed by atoms with Crippen molar-refractivity contribution in [2.75, 3.05) is 0 Å². The molecule has 5 heteroatoms. The molecule has 0 fully saturated rings. The summed E-state index contributed by atoms with van der Waals surface area (Å²) in [4.78, 5) is 0.217. The average molecular weight is 249 g/mol. The van der Waals surface area contributed by atoms with Gasteiger partial charge in [0, 0.05) is 5.39 Å². The number of hydrogen-bond acceptors (Lipinski definition) is 2. The molecule has 4 nitrogen and oxygen atoms in total. The van der Waals surface area contributed by atoms with Crippen LogP contribution in [0.1, 0.15) is 6.92 Å². The van der Waals surface area contributed by atoms with Gasteiger partial charge in [0.15, 0.2) is 0 Å². The summed E-state index contributed by atoms with van der Waals surface area (Å²) in [7, 11) is -3.62. The van der Waals surface area contributed by atoms with E-state index in [0.29, 0.717) is 5.39 Å². The van der Waals surface area contributed by atoms with E-state index in [1.54, 1.807) is 24.3 Å². The minimum Gasteiger partial charge on any atom is -0.239 e. The molecule has 0 aliphatic carbocycles. The van der Waals surface area contributed by atoms with Gasteiger partial charge in [-0.1, -0.05) is 36.4 Å². The Morgan fingerprint density at radius 2 is 1.76 bits per heavy atom. The van der Waals surface area contributed by atoms with Crippen molar-refractivity contribution in [3.05, 3.63) is 42.5 Å². The standard InChI is InChI=1S/C12H13N2O2S/c1-9(13)14-17(15,16)12-8-4-6-10-5-2-3-7-11(10)12/h2-9,13-14H,1H3. The van der Waals surface area contributed by atoms with E-state index in [4.69, 9.17) is 5.73 Å². The maximum absolute atomic E-state index is 12.0. The topological polar surface area (TPSA) is 70.0 Å². The molecule has 0 heterocycles. The summed E-state index contributed by atoms with van der Waals surface area (Å²) in [5, 5.41) is 1.54. The molecule has 0 aliphatic rings. The molecule has 0 bridgehead atoms. The predicted molar refractivity (Wildman–Crippen MR) is 66.8 cm³/mol. The molecule has 2 aromatic rings. The monoisotopic (exact) mass is 249 g/mol. The van der Waals surface area contributed by atoms with Gasteiger partial charge in [-0.15, -0.1) is 0 Å². The van der Waals surface area contributed by atoms with Crippen molar-refractivity contribution < 1.29 is 8.42 Å². The van der Waals surface area contributed by atoms with Gasteiger partial charge in [-0.3, -0.25) is 0 Å². The maximum atomic E-state index is 12.0. The molecule has 17 heavy (non-hydrogen) atoms. The minimum atomic E-state index is -3.62. The lowest BCUT2D eigenvalue weighted by atomic mass is 10.1. The Bertz CT molecular complexity index is 631. The summed E-state index contributed by atoms with van der Waals surface area (Å²) in [6.07, 6.45) is -0.862. The molecule has 2 rings (SSSR count). The molecule has 0 amide bonds. The third kappa shape index (κ3) is 2.46. The Morgan fingerprint density at radius 1 is 1.12 bits per heavy atom. The third-order valence-electron chi connectivity index (χ3n) is 2.37. The molecule has 0 aliphatic heterocycles. The Labute approximate surface area is 100 Å². The van der Waals surface area contributed by atoms with Crippen molar-refractivity contribution in [1.29, 1.82) is 0 Å². The van der Waals surface area contributed by atoms with Crippen LogP contribution >= 0.6 is 0 Å². The fourth-order valence-electron chi connectivity index (χ4n) is 1.73. The van der Waals surface area contributed by atoms with Crippen molar-refractivity contribution in [2.24, 2.45) is 0 Å². The second-order valence-electron chi connectivity index (χ2n) is 3.82. The number of rotatable bonds is 3. The van der Waals surface area contributed by atoms with Gasteiger partial charge in [-0.2, -0.15) is 4.72 Å². The first-order chi connectivity index (χ1) is 8.00. The van der Waals surface area contributed by atoms with Crippen LogP contribution in [0.15, 0.2) is 47.4 Å². The van der Waals surface area contributed by atoms with E-state index in [2.05, 4.69) is 4.72 Å². The highest BCUT2D eigenvalue weighted by Gasteiger charge is 2.17. The minimum absolute atomic E-state index is 0.217. The smallest absolute Gasteiger partial charge is 0.239 e. The molecule has 0 saturated carbocycles. The van der Waals surface area contributed by atoms with E-state index >= 15 is 0 Å². The van der Waals surface area contributed by atoms with E-state index < -0.39 is 16.2 Å². The van der Waals surface area contributed by atoms with Gasteiger partial charge in [0.2, 0.25) is 10.0 Å². The van der Waals surface area contributed by atoms with E-state index in [1.807, 2.05) is 18.2 Å². The van der Waals surface area contributed by atoms with Gasteiger partial charge in [-0.05, 0) is 18.4 Å². The molecule has 89 valence electrons. The van der Waals surface area contributed by atoms with Gasteiger partial charge in [-0.25, -0.2) is 14.2 Å². The summed E-state index contributed by atoms with van der Waals surface area (Å²) in [5.41, 5.74) is 7.30. The van der Waals surface area contributed by atoms with E-state index in [1.165, 1.54) is 6.92 Å². The zero-order valence-corrected chi connectivity index (χ0v) is 10.2. The van der Waals surface area contributed by atoms with Crippen molar-refractivity contribution in [2.45, 2.75) is 18.0 Å². The van der Waals surface area contributed by atoms with Crippen LogP contribution < -0.4 is 10.5 Å². The number of sulfonamides is 1. The van der Waals surface area contributed by atoms with Crippen LogP contribution in [0.4, 0.5) is 0 Å². The highest BCUT2D eigenvalue weighted by atomic mass is 32.2. The fourth-order valence-corrected chi connectivity index (χ4v) is 3.05. The maximum Gasteiger partial charge on any atom is 0.242 e. The first kappa shape index (κ1) is 12.0. The molecule has 1 radical (unpaired) electrons. The van der Waals surface area contributed by atoms with Crippen LogP contribution in [0.2, 0.25) is 0 Å². The first-order valence-corrected chi connectivity index (χ1v) is 6.70. The summed E-state index contributed by atoms with van der Waals surface area (Å²) in [6, 6.07) is 12.4. The van der Waals surface area contributed by atoms with Crippen molar-refractivity contribution in [3.63, 3.8) is 0 Å². The van der Waals surface area contributed by atoms with Gasteiger partial charge in [0.05, 0.1) is 11.1 Å². The van der Waals surface area contributed by atoms with Crippen LogP contribution in [0.3, 0.4) is 0 Å². The normalized spacial score (nSPS) is 13.8. The summed E-state index contributed by atoms with van der Waals surface area (Å²) < 4.78 is 26.3. The van der Waals surface area contributed by atoms with Crippen molar-refractivity contribution in [3.8, 4) is 0 Å². The highest BCUT2D eigenvalue weighted by Crippen LogP contribution is 2.22. The van der Waals surface area contributed by atoms with E-state index in [-0.39, 0.29) is 4.90 Å². The molecular weight excluding hydrogens is 236 g/mol. The van der Waals surface area contributed by atoms with Gasteiger partial charge in [0.1, 0.15) is 0 Å². The van der Waals surface area contributed by atoms with Gasteiger partial charge in [0.25, 0.3) is 0 Å². The zero-order chi connectivity index (χ0) is 12.5. The summed E-state index contributed by atoms with van der Waals surface area (Å²) >= 11 is 0. The SMILES string of the molecule is CC([NH])NS(=O)(=O)c1cccc2ccccc12. The Kier molecular flexibility index (Phi) is 3.15. The first-order valence-electron chi connectivity index (χ1n) is 5.22. The molecule has 0 saturated heterocycles. The quantitative estimate of drug-likeness (QED) is 0.900. The Hall–Kier alpha value is -1.43. The van der Waals surface area contributed by atoms with E-state index in [9.17, 15) is 8.42 Å². The van der Waals surface area contributed by atoms with E-state index in [0.717, 1.165) is 5.39 Å². The lowest BCUT2D eigenvalue weighted by Gasteiger charge is -2.11. The van der Waals surface area contributed by atoms with Crippen LogP contribution in [-0.4, -0.2) is 14.6 Å². The van der Waals surface area contributed by atoms with Crippen molar-refractivity contribution >= 4 is 20.8 Å². The molecular formula is C12H13N2O2S. The van der Waals surface area contributed by atoms with Gasteiger partial charge >= 0.3 is 0 Å². The molecule has 1 unspecified atom stereocenters. The van der Waals surface area contributed by atoms with Gasteiger partial charge < -0.3 is 0 Å². The predicted octanol–water partition coefficient (Wildman–Crippen LogP) is 1.75. The Balaban J connectivity index is 2.63. The summed E-state index contributed by atoms with van der Waals surface area (Å²) in [5.74, 6) is 0. The third-order valence-corrected chi connectivity index (χ3v) is 3.97. The second-order valence-corrected chi connectivity index (χ2v) is 5.50. The number of nitrogens with one attached hydrogen (secondary N) is 2. The summed E-state index contributed by atoms with van der Waals surface area (Å²) in [6.45, 7) is 1.47. The van der Waals surface area contributed by atoms with Crippen LogP contribution in [0.5, 0.6) is 0 Å². The second kappa shape index (κ2) is 4.44. The molecule has 1 atom stereocenters. The Morgan fingerprint density at radius 3 is 2.47 bits per heavy atom. The lowest BCUT2D eigenvalue weighted by Crippen LogP contribution is -2.33. The highest BCUT2D eigenvalue weighted by molar-refractivity contribution is 7.89. The fraction of sp³-hybridized carbons (Fsp3) is 0.167. The van der Waals surface area contributed by atoms with Crippen LogP contribution in [0.25, 0.3) is 10.8 Å². The number of fused-ring (bicyclic) bond motifs is 1. The average Bonchev–Trinajstić information content (AvgIpc) is 2.26. The van der Waals surface area contributed by atoms with Crippen LogP contribution in [-0.2, 0) is 10.0 Å². The molecule has 2 N–H and O–H groups in total. The molecule has 0 spiro atoms. The molecule has 2 aromatic carbocycles. The van der Waals surface area contributed by atoms with Crippen LogP contribution in [0, 0.1) is 0 Å². The largest absolute Gasteiger partial charge is 0.242 e. The zero-order valence-electron chi connectivity index (χ0n) is 9.34.